The molecule has 6 nitrogen and oxygen atoms in total. The predicted octanol–water partition coefficient (Wildman–Crippen LogP) is 4.11. The largest absolute Gasteiger partial charge is 0.478 e. The average Bonchev–Trinajstić information content (AvgIpc) is 2.41. The molecule has 0 radical (unpaired) electrons. The number of nitrogens with one attached hydrogen (secondary N) is 1. The van der Waals surface area contributed by atoms with E-state index >= 15 is 0 Å². The summed E-state index contributed by atoms with van der Waals surface area (Å²) in [6.45, 7) is 1.87. The molecule has 0 bridgehead atoms. The highest BCUT2D eigenvalue weighted by atomic mass is 79.9. The number of rotatable bonds is 4. The van der Waals surface area contributed by atoms with Crippen molar-refractivity contribution in [1.29, 1.82) is 0 Å². The number of non-ortho nitro benzene ring substituents is 1. The van der Waals surface area contributed by atoms with E-state index in [-0.39, 0.29) is 11.3 Å². The van der Waals surface area contributed by atoms with Crippen LogP contribution >= 0.6 is 15.9 Å². The highest BCUT2D eigenvalue weighted by Crippen LogP contribution is 2.28. The Bertz CT molecular complexity index is 731. The van der Waals surface area contributed by atoms with Gasteiger partial charge in [0, 0.05) is 22.3 Å². The number of aromatic carboxylic acids is 1. The van der Waals surface area contributed by atoms with Crippen LogP contribution in [0.2, 0.25) is 0 Å². The maximum atomic E-state index is 11.3. The molecule has 0 atom stereocenters. The normalized spacial score (nSPS) is 10.2. The topological polar surface area (TPSA) is 92.5 Å². The molecule has 21 heavy (non-hydrogen) atoms. The van der Waals surface area contributed by atoms with Crippen molar-refractivity contribution in [3.63, 3.8) is 0 Å². The first-order valence-electron chi connectivity index (χ1n) is 5.93. The van der Waals surface area contributed by atoms with Gasteiger partial charge in [0.15, 0.2) is 0 Å². The Morgan fingerprint density at radius 1 is 1.24 bits per heavy atom. The first-order chi connectivity index (χ1) is 9.88. The second-order valence-corrected chi connectivity index (χ2v) is 5.29. The molecule has 0 heterocycles. The van der Waals surface area contributed by atoms with E-state index in [0.717, 1.165) is 21.8 Å². The molecule has 2 N–H and O–H groups in total. The van der Waals surface area contributed by atoms with E-state index in [9.17, 15) is 20.0 Å². The van der Waals surface area contributed by atoms with Crippen LogP contribution < -0.4 is 5.32 Å². The molecule has 0 spiro atoms. The third-order valence-electron chi connectivity index (χ3n) is 2.90. The van der Waals surface area contributed by atoms with Crippen molar-refractivity contribution in [3.05, 3.63) is 62.1 Å². The Morgan fingerprint density at radius 3 is 2.48 bits per heavy atom. The third-order valence-corrected chi connectivity index (χ3v) is 3.40. The van der Waals surface area contributed by atoms with Gasteiger partial charge in [0.2, 0.25) is 0 Å². The van der Waals surface area contributed by atoms with Gasteiger partial charge >= 0.3 is 5.97 Å². The first kappa shape index (κ1) is 15.0. The Morgan fingerprint density at radius 2 is 1.90 bits per heavy atom. The van der Waals surface area contributed by atoms with Gasteiger partial charge in [-0.2, -0.15) is 0 Å². The maximum Gasteiger partial charge on any atom is 0.338 e. The van der Waals surface area contributed by atoms with Crippen LogP contribution in [0.4, 0.5) is 17.1 Å². The van der Waals surface area contributed by atoms with Crippen molar-refractivity contribution in [3.8, 4) is 0 Å². The number of hydrogen-bond donors (Lipinski definition) is 2. The summed E-state index contributed by atoms with van der Waals surface area (Å²) < 4.78 is 0.910. The molecule has 0 amide bonds. The Kier molecular flexibility index (Phi) is 4.23. The number of hydrogen-bond acceptors (Lipinski definition) is 4. The average molecular weight is 351 g/mol. The number of carboxylic acid groups (broad SMARTS) is 1. The zero-order valence-corrected chi connectivity index (χ0v) is 12.5. The fourth-order valence-electron chi connectivity index (χ4n) is 1.84. The van der Waals surface area contributed by atoms with Crippen molar-refractivity contribution < 1.29 is 14.8 Å². The van der Waals surface area contributed by atoms with Crippen LogP contribution in [-0.2, 0) is 0 Å². The maximum absolute atomic E-state index is 11.3. The van der Waals surface area contributed by atoms with E-state index in [1.807, 2.05) is 19.1 Å². The summed E-state index contributed by atoms with van der Waals surface area (Å²) in [5.41, 5.74) is 1.55. The quantitative estimate of drug-likeness (QED) is 0.639. The lowest BCUT2D eigenvalue weighted by Gasteiger charge is -2.12. The third kappa shape index (κ3) is 3.38. The molecule has 0 fully saturated rings. The van der Waals surface area contributed by atoms with Crippen LogP contribution in [0.1, 0.15) is 15.9 Å². The summed E-state index contributed by atoms with van der Waals surface area (Å²) in [6, 6.07) is 9.20. The zero-order chi connectivity index (χ0) is 15.6. The Hall–Kier alpha value is -2.41. The molecular weight excluding hydrogens is 340 g/mol. The van der Waals surface area contributed by atoms with Crippen LogP contribution in [0.25, 0.3) is 0 Å². The molecule has 0 aliphatic rings. The number of carboxylic acids is 1. The number of nitro groups is 1. The lowest BCUT2D eigenvalue weighted by Crippen LogP contribution is -2.04. The second kappa shape index (κ2) is 5.92. The number of aryl methyl sites for hydroxylation is 1. The van der Waals surface area contributed by atoms with Crippen LogP contribution in [0.3, 0.4) is 0 Å². The highest BCUT2D eigenvalue weighted by Gasteiger charge is 2.16. The summed E-state index contributed by atoms with van der Waals surface area (Å²) in [4.78, 5) is 21.4. The second-order valence-electron chi connectivity index (χ2n) is 4.38. The van der Waals surface area contributed by atoms with Gasteiger partial charge in [-0.15, -0.1) is 0 Å². The van der Waals surface area contributed by atoms with Gasteiger partial charge in [-0.25, -0.2) is 4.79 Å². The van der Waals surface area contributed by atoms with Crippen LogP contribution in [0.5, 0.6) is 0 Å². The molecule has 0 aliphatic carbocycles. The van der Waals surface area contributed by atoms with Gasteiger partial charge in [0.1, 0.15) is 0 Å². The molecule has 0 saturated carbocycles. The predicted molar refractivity (Wildman–Crippen MR) is 82.2 cm³/mol. The van der Waals surface area contributed by atoms with E-state index in [1.54, 1.807) is 6.07 Å². The molecule has 0 aromatic heterocycles. The minimum atomic E-state index is -1.23. The molecule has 108 valence electrons. The summed E-state index contributed by atoms with van der Waals surface area (Å²) in [6.07, 6.45) is 0. The van der Waals surface area contributed by atoms with E-state index in [1.165, 1.54) is 12.1 Å². The van der Waals surface area contributed by atoms with E-state index < -0.39 is 10.9 Å². The number of carbonyl (C=O) groups is 1. The fraction of sp³-hybridized carbons (Fsp3) is 0.0714. The summed E-state index contributed by atoms with van der Waals surface area (Å²) in [5, 5.41) is 22.9. The van der Waals surface area contributed by atoms with Crippen molar-refractivity contribution in [2.45, 2.75) is 6.92 Å². The smallest absolute Gasteiger partial charge is 0.338 e. The Balaban J connectivity index is 2.44. The number of anilines is 2. The SMILES string of the molecule is Cc1cc(Br)ccc1Nc1ccc([N+](=O)[O-])cc1C(=O)O. The van der Waals surface area contributed by atoms with Gasteiger partial charge in [-0.05, 0) is 36.8 Å². The van der Waals surface area contributed by atoms with Crippen molar-refractivity contribution in [2.75, 3.05) is 5.32 Å². The van der Waals surface area contributed by atoms with E-state index in [0.29, 0.717) is 5.69 Å². The van der Waals surface area contributed by atoms with Gasteiger partial charge < -0.3 is 10.4 Å². The van der Waals surface area contributed by atoms with Crippen molar-refractivity contribution in [2.24, 2.45) is 0 Å². The lowest BCUT2D eigenvalue weighted by molar-refractivity contribution is -0.384. The summed E-state index contributed by atoms with van der Waals surface area (Å²) >= 11 is 3.35. The van der Waals surface area contributed by atoms with Crippen LogP contribution in [-0.4, -0.2) is 16.0 Å². The molecule has 2 aromatic carbocycles. The molecule has 0 unspecified atom stereocenters. The molecule has 7 heteroatoms. The molecule has 2 aromatic rings. The van der Waals surface area contributed by atoms with Gasteiger partial charge in [-0.3, -0.25) is 10.1 Å². The zero-order valence-electron chi connectivity index (χ0n) is 11.0. The van der Waals surface area contributed by atoms with E-state index in [2.05, 4.69) is 21.2 Å². The minimum absolute atomic E-state index is 0.147. The minimum Gasteiger partial charge on any atom is -0.478 e. The Labute approximate surface area is 128 Å². The van der Waals surface area contributed by atoms with Gasteiger partial charge in [0.05, 0.1) is 16.2 Å². The molecular formula is C14H11BrN2O4. The number of benzene rings is 2. The number of halogens is 1. The van der Waals surface area contributed by atoms with E-state index in [4.69, 9.17) is 0 Å². The molecule has 0 aliphatic heterocycles. The van der Waals surface area contributed by atoms with Gasteiger partial charge in [0.25, 0.3) is 5.69 Å². The van der Waals surface area contributed by atoms with Crippen molar-refractivity contribution in [1.82, 2.24) is 0 Å². The summed E-state index contributed by atoms with van der Waals surface area (Å²) in [5.74, 6) is -1.23. The molecule has 0 saturated heterocycles. The van der Waals surface area contributed by atoms with Crippen molar-refractivity contribution >= 4 is 39.0 Å². The summed E-state index contributed by atoms with van der Waals surface area (Å²) in [7, 11) is 0. The number of nitro benzene ring substituents is 1. The standard InChI is InChI=1S/C14H11BrN2O4/c1-8-6-9(15)2-4-12(8)16-13-5-3-10(17(20)21)7-11(13)14(18)19/h2-7,16H,1H3,(H,18,19). The first-order valence-corrected chi connectivity index (χ1v) is 6.72. The van der Waals surface area contributed by atoms with Gasteiger partial charge in [-0.1, -0.05) is 15.9 Å². The monoisotopic (exact) mass is 350 g/mol. The lowest BCUT2D eigenvalue weighted by atomic mass is 10.1. The molecule has 2 rings (SSSR count). The van der Waals surface area contributed by atoms with Crippen LogP contribution in [0.15, 0.2) is 40.9 Å². The fourth-order valence-corrected chi connectivity index (χ4v) is 2.32. The van der Waals surface area contributed by atoms with Crippen LogP contribution in [0, 0.1) is 17.0 Å². The highest BCUT2D eigenvalue weighted by molar-refractivity contribution is 9.10. The number of nitrogens with zero attached hydrogens (tertiary/aromatic N) is 1.